The quantitative estimate of drug-likeness (QED) is 0.680. The van der Waals surface area contributed by atoms with Crippen LogP contribution in [-0.2, 0) is 16.6 Å². The van der Waals surface area contributed by atoms with Gasteiger partial charge in [0.1, 0.15) is 5.78 Å². The van der Waals surface area contributed by atoms with E-state index in [1.54, 1.807) is 0 Å². The van der Waals surface area contributed by atoms with E-state index in [2.05, 4.69) is 12.1 Å². The van der Waals surface area contributed by atoms with Gasteiger partial charge < -0.3 is 0 Å². The molecule has 1 heterocycles. The first-order valence-electron chi connectivity index (χ1n) is 4.86. The standard InChI is InChI=1S/C11H13OPS/c12-10-6-8-13(14,9-7-10)11-4-2-1-3-5-11/h1-5H,6-9H2. The number of ketones is 1. The van der Waals surface area contributed by atoms with Gasteiger partial charge in [-0.15, -0.1) is 0 Å². The summed E-state index contributed by atoms with van der Waals surface area (Å²) in [6.45, 7) is 0. The van der Waals surface area contributed by atoms with Crippen LogP contribution in [0.2, 0.25) is 0 Å². The Morgan fingerprint density at radius 3 is 2.21 bits per heavy atom. The van der Waals surface area contributed by atoms with E-state index in [1.165, 1.54) is 5.30 Å². The summed E-state index contributed by atoms with van der Waals surface area (Å²) >= 11 is 5.73. The van der Waals surface area contributed by atoms with Crippen molar-refractivity contribution >= 4 is 28.9 Å². The lowest BCUT2D eigenvalue weighted by Gasteiger charge is -2.26. The third-order valence-corrected chi connectivity index (χ3v) is 7.59. The third-order valence-electron chi connectivity index (χ3n) is 2.73. The van der Waals surface area contributed by atoms with Crippen molar-refractivity contribution in [3.8, 4) is 0 Å². The van der Waals surface area contributed by atoms with Crippen molar-refractivity contribution in [2.45, 2.75) is 12.8 Å². The molecule has 1 aromatic carbocycles. The largest absolute Gasteiger partial charge is 0.300 e. The first kappa shape index (κ1) is 10.1. The molecule has 2 rings (SSSR count). The molecule has 0 aromatic heterocycles. The van der Waals surface area contributed by atoms with E-state index in [0.29, 0.717) is 18.6 Å². The van der Waals surface area contributed by atoms with Crippen LogP contribution in [0.15, 0.2) is 30.3 Å². The number of rotatable bonds is 1. The SMILES string of the molecule is O=C1CCP(=S)(c2ccccc2)CC1. The summed E-state index contributed by atoms with van der Waals surface area (Å²) in [5.41, 5.74) is 0. The van der Waals surface area contributed by atoms with Crippen molar-refractivity contribution in [1.29, 1.82) is 0 Å². The topological polar surface area (TPSA) is 17.1 Å². The maximum absolute atomic E-state index is 11.2. The first-order valence-corrected chi connectivity index (χ1v) is 8.03. The molecule has 3 heteroatoms. The first-order chi connectivity index (χ1) is 6.71. The van der Waals surface area contributed by atoms with Crippen molar-refractivity contribution in [2.24, 2.45) is 0 Å². The molecule has 74 valence electrons. The van der Waals surface area contributed by atoms with Crippen LogP contribution >= 0.6 is 6.04 Å². The van der Waals surface area contributed by atoms with Gasteiger partial charge in [-0.2, -0.15) is 0 Å². The van der Waals surface area contributed by atoms with E-state index in [4.69, 9.17) is 11.8 Å². The summed E-state index contributed by atoms with van der Waals surface area (Å²) in [6.07, 6.45) is 3.27. The molecular formula is C11H13OPS. The minimum absolute atomic E-state index is 0.390. The number of carbonyl (C=O) groups is 1. The molecule has 1 saturated heterocycles. The van der Waals surface area contributed by atoms with Gasteiger partial charge in [0.05, 0.1) is 0 Å². The molecule has 1 nitrogen and oxygen atoms in total. The van der Waals surface area contributed by atoms with E-state index in [9.17, 15) is 4.79 Å². The highest BCUT2D eigenvalue weighted by Crippen LogP contribution is 2.48. The minimum Gasteiger partial charge on any atom is -0.300 e. The Morgan fingerprint density at radius 2 is 1.64 bits per heavy atom. The van der Waals surface area contributed by atoms with Crippen molar-refractivity contribution in [1.82, 2.24) is 0 Å². The van der Waals surface area contributed by atoms with E-state index < -0.39 is 6.04 Å². The zero-order chi connectivity index (χ0) is 10.0. The molecule has 0 aliphatic carbocycles. The normalized spacial score (nSPS) is 20.7. The van der Waals surface area contributed by atoms with Crippen LogP contribution in [0.3, 0.4) is 0 Å². The monoisotopic (exact) mass is 224 g/mol. The molecule has 0 unspecified atom stereocenters. The summed E-state index contributed by atoms with van der Waals surface area (Å²) in [5, 5.41) is 1.31. The van der Waals surface area contributed by atoms with Gasteiger partial charge in [0.2, 0.25) is 0 Å². The molecule has 0 radical (unpaired) electrons. The maximum atomic E-state index is 11.2. The Morgan fingerprint density at radius 1 is 1.07 bits per heavy atom. The molecule has 14 heavy (non-hydrogen) atoms. The van der Waals surface area contributed by atoms with Gasteiger partial charge in [-0.05, 0) is 23.7 Å². The lowest BCUT2D eigenvalue weighted by atomic mass is 10.2. The fourth-order valence-electron chi connectivity index (χ4n) is 1.81. The third kappa shape index (κ3) is 1.97. The van der Waals surface area contributed by atoms with E-state index >= 15 is 0 Å². The lowest BCUT2D eigenvalue weighted by molar-refractivity contribution is -0.118. The van der Waals surface area contributed by atoms with Crippen molar-refractivity contribution in [3.63, 3.8) is 0 Å². The Balaban J connectivity index is 2.26. The molecule has 1 aromatic rings. The van der Waals surface area contributed by atoms with Gasteiger partial charge in [-0.25, -0.2) is 0 Å². The Hall–Kier alpha value is -0.460. The molecule has 0 saturated carbocycles. The molecule has 1 aliphatic rings. The zero-order valence-corrected chi connectivity index (χ0v) is 9.69. The Labute approximate surface area is 89.5 Å². The summed E-state index contributed by atoms with van der Waals surface area (Å²) < 4.78 is 0. The van der Waals surface area contributed by atoms with E-state index in [0.717, 1.165) is 12.3 Å². The summed E-state index contributed by atoms with van der Waals surface area (Å²) in [6, 6.07) is 8.95. The molecule has 0 amide bonds. The summed E-state index contributed by atoms with van der Waals surface area (Å²) in [4.78, 5) is 11.2. The average molecular weight is 224 g/mol. The molecule has 1 fully saturated rings. The van der Waals surface area contributed by atoms with Crippen LogP contribution in [0.5, 0.6) is 0 Å². The Bertz CT molecular complexity index is 372. The van der Waals surface area contributed by atoms with Gasteiger partial charge in [0.15, 0.2) is 0 Å². The minimum atomic E-state index is -1.39. The molecular weight excluding hydrogens is 211 g/mol. The number of benzene rings is 1. The van der Waals surface area contributed by atoms with Crippen LogP contribution in [0.1, 0.15) is 12.8 Å². The number of carbonyl (C=O) groups excluding carboxylic acids is 1. The van der Waals surface area contributed by atoms with Gasteiger partial charge in [-0.3, -0.25) is 4.79 Å². The fourth-order valence-corrected chi connectivity index (χ4v) is 5.39. The van der Waals surface area contributed by atoms with E-state index in [1.807, 2.05) is 18.2 Å². The highest BCUT2D eigenvalue weighted by molar-refractivity contribution is 8.18. The average Bonchev–Trinajstić information content (AvgIpc) is 2.24. The molecule has 0 bridgehead atoms. The van der Waals surface area contributed by atoms with Gasteiger partial charge in [0.25, 0.3) is 0 Å². The summed E-state index contributed by atoms with van der Waals surface area (Å²) in [7, 11) is 0. The summed E-state index contributed by atoms with van der Waals surface area (Å²) in [5.74, 6) is 0.390. The molecule has 0 N–H and O–H groups in total. The second-order valence-corrected chi connectivity index (χ2v) is 9.00. The van der Waals surface area contributed by atoms with Gasteiger partial charge in [0, 0.05) is 12.8 Å². The predicted octanol–water partition coefficient (Wildman–Crippen LogP) is 2.15. The second kappa shape index (κ2) is 3.96. The number of hydrogen-bond donors (Lipinski definition) is 0. The molecule has 0 spiro atoms. The maximum Gasteiger partial charge on any atom is 0.133 e. The van der Waals surface area contributed by atoms with Crippen LogP contribution in [0, 0.1) is 0 Å². The second-order valence-electron chi connectivity index (χ2n) is 3.71. The van der Waals surface area contributed by atoms with Crippen LogP contribution in [0.25, 0.3) is 0 Å². The van der Waals surface area contributed by atoms with Crippen molar-refractivity contribution in [2.75, 3.05) is 12.3 Å². The zero-order valence-electron chi connectivity index (χ0n) is 7.98. The van der Waals surface area contributed by atoms with Crippen LogP contribution in [0.4, 0.5) is 0 Å². The van der Waals surface area contributed by atoms with Crippen LogP contribution < -0.4 is 5.30 Å². The lowest BCUT2D eigenvalue weighted by Crippen LogP contribution is -2.19. The number of Topliss-reactive ketones (excluding diaryl/α,β-unsaturated/α-hetero) is 1. The van der Waals surface area contributed by atoms with Crippen molar-refractivity contribution in [3.05, 3.63) is 30.3 Å². The van der Waals surface area contributed by atoms with Crippen molar-refractivity contribution < 1.29 is 4.79 Å². The molecule has 1 aliphatic heterocycles. The van der Waals surface area contributed by atoms with E-state index in [-0.39, 0.29) is 0 Å². The highest BCUT2D eigenvalue weighted by Gasteiger charge is 2.25. The smallest absolute Gasteiger partial charge is 0.133 e. The van der Waals surface area contributed by atoms with Gasteiger partial charge >= 0.3 is 0 Å². The number of hydrogen-bond acceptors (Lipinski definition) is 2. The van der Waals surface area contributed by atoms with Crippen LogP contribution in [-0.4, -0.2) is 18.1 Å². The highest BCUT2D eigenvalue weighted by atomic mass is 32.4. The fraction of sp³-hybridized carbons (Fsp3) is 0.364. The molecule has 0 atom stereocenters. The van der Waals surface area contributed by atoms with Gasteiger partial charge in [-0.1, -0.05) is 42.1 Å². The predicted molar refractivity (Wildman–Crippen MR) is 64.3 cm³/mol. The Kier molecular flexibility index (Phi) is 2.85.